The SMILES string of the molecule is CCCC(C#N)(CCC)Sc1ccccc1F. The van der Waals surface area contributed by atoms with Gasteiger partial charge in [-0.25, -0.2) is 4.39 Å². The van der Waals surface area contributed by atoms with E-state index < -0.39 is 4.75 Å². The Labute approximate surface area is 107 Å². The fourth-order valence-electron chi connectivity index (χ4n) is 1.91. The molecule has 0 heterocycles. The van der Waals surface area contributed by atoms with Crippen molar-refractivity contribution in [1.82, 2.24) is 0 Å². The maximum absolute atomic E-state index is 13.6. The van der Waals surface area contributed by atoms with Gasteiger partial charge >= 0.3 is 0 Å². The highest BCUT2D eigenvalue weighted by Gasteiger charge is 2.30. The summed E-state index contributed by atoms with van der Waals surface area (Å²) in [6, 6.07) is 9.07. The Kier molecular flexibility index (Phi) is 5.50. The minimum absolute atomic E-state index is 0.232. The molecule has 0 bridgehead atoms. The first-order chi connectivity index (χ1) is 8.17. The van der Waals surface area contributed by atoms with E-state index in [1.807, 2.05) is 6.07 Å². The Morgan fingerprint density at radius 1 is 1.24 bits per heavy atom. The second kappa shape index (κ2) is 6.66. The third kappa shape index (κ3) is 3.74. The monoisotopic (exact) mass is 251 g/mol. The molecule has 0 aliphatic carbocycles. The fraction of sp³-hybridized carbons (Fsp3) is 0.500. The van der Waals surface area contributed by atoms with Crippen molar-refractivity contribution < 1.29 is 4.39 Å². The van der Waals surface area contributed by atoms with Gasteiger partial charge in [0, 0.05) is 4.90 Å². The van der Waals surface area contributed by atoms with Crippen LogP contribution in [-0.4, -0.2) is 4.75 Å². The molecule has 0 saturated heterocycles. The molecule has 0 atom stereocenters. The van der Waals surface area contributed by atoms with Crippen molar-refractivity contribution in [3.63, 3.8) is 0 Å². The lowest BCUT2D eigenvalue weighted by Gasteiger charge is -2.25. The van der Waals surface area contributed by atoms with Gasteiger partial charge in [0.15, 0.2) is 0 Å². The van der Waals surface area contributed by atoms with Crippen LogP contribution in [0.15, 0.2) is 29.2 Å². The standard InChI is InChI=1S/C14H18FNS/c1-3-9-14(11-16,10-4-2)17-13-8-6-5-7-12(13)15/h5-8H,3-4,9-10H2,1-2H3. The van der Waals surface area contributed by atoms with E-state index in [0.717, 1.165) is 25.7 Å². The number of thioether (sulfide) groups is 1. The number of hydrogen-bond acceptors (Lipinski definition) is 2. The molecule has 0 aromatic heterocycles. The summed E-state index contributed by atoms with van der Waals surface area (Å²) in [5.74, 6) is -0.232. The highest BCUT2D eigenvalue weighted by molar-refractivity contribution is 8.01. The van der Waals surface area contributed by atoms with Crippen molar-refractivity contribution in [1.29, 1.82) is 5.26 Å². The van der Waals surface area contributed by atoms with Gasteiger partial charge in [-0.3, -0.25) is 0 Å². The number of halogens is 1. The van der Waals surface area contributed by atoms with Crippen molar-refractivity contribution in [3.05, 3.63) is 30.1 Å². The van der Waals surface area contributed by atoms with Crippen molar-refractivity contribution in [2.24, 2.45) is 0 Å². The van der Waals surface area contributed by atoms with Gasteiger partial charge in [-0.15, -0.1) is 11.8 Å². The molecule has 1 rings (SSSR count). The highest BCUT2D eigenvalue weighted by Crippen LogP contribution is 2.40. The molecular formula is C14H18FNS. The molecule has 17 heavy (non-hydrogen) atoms. The second-order valence-electron chi connectivity index (χ2n) is 4.14. The van der Waals surface area contributed by atoms with Crippen molar-refractivity contribution in [2.45, 2.75) is 49.2 Å². The van der Waals surface area contributed by atoms with E-state index in [2.05, 4.69) is 19.9 Å². The van der Waals surface area contributed by atoms with Crippen LogP contribution in [0.3, 0.4) is 0 Å². The molecule has 1 aromatic rings. The lowest BCUT2D eigenvalue weighted by atomic mass is 9.99. The first kappa shape index (κ1) is 14.1. The van der Waals surface area contributed by atoms with Gasteiger partial charge in [0.25, 0.3) is 0 Å². The summed E-state index contributed by atoms with van der Waals surface area (Å²) in [6.45, 7) is 4.12. The smallest absolute Gasteiger partial charge is 0.136 e. The molecule has 0 fully saturated rings. The Bertz CT molecular complexity index is 391. The maximum Gasteiger partial charge on any atom is 0.136 e. The Morgan fingerprint density at radius 3 is 2.29 bits per heavy atom. The van der Waals surface area contributed by atoms with E-state index in [1.165, 1.54) is 17.8 Å². The zero-order valence-corrected chi connectivity index (χ0v) is 11.2. The predicted molar refractivity (Wildman–Crippen MR) is 70.4 cm³/mol. The van der Waals surface area contributed by atoms with Gasteiger partial charge in [0.05, 0.1) is 6.07 Å². The van der Waals surface area contributed by atoms with Crippen LogP contribution in [0.5, 0.6) is 0 Å². The second-order valence-corrected chi connectivity index (χ2v) is 5.56. The molecule has 1 aromatic carbocycles. The number of hydrogen-bond donors (Lipinski definition) is 0. The van der Waals surface area contributed by atoms with Crippen molar-refractivity contribution in [3.8, 4) is 6.07 Å². The number of rotatable bonds is 6. The summed E-state index contributed by atoms with van der Waals surface area (Å²) in [5, 5.41) is 9.40. The zero-order valence-electron chi connectivity index (χ0n) is 10.4. The van der Waals surface area contributed by atoms with Crippen LogP contribution in [0.2, 0.25) is 0 Å². The van der Waals surface area contributed by atoms with Gasteiger partial charge in [0.2, 0.25) is 0 Å². The third-order valence-electron chi connectivity index (χ3n) is 2.65. The molecular weight excluding hydrogens is 233 g/mol. The Morgan fingerprint density at radius 2 is 1.82 bits per heavy atom. The molecule has 0 spiro atoms. The lowest BCUT2D eigenvalue weighted by molar-refractivity contribution is 0.575. The summed E-state index contributed by atoms with van der Waals surface area (Å²) in [7, 11) is 0. The van der Waals surface area contributed by atoms with Gasteiger partial charge in [0.1, 0.15) is 10.6 Å². The summed E-state index contributed by atoms with van der Waals surface area (Å²) in [5.41, 5.74) is 0. The Hall–Kier alpha value is -1.01. The summed E-state index contributed by atoms with van der Waals surface area (Å²) >= 11 is 1.38. The molecule has 0 radical (unpaired) electrons. The normalized spacial score (nSPS) is 11.2. The van der Waals surface area contributed by atoms with Crippen molar-refractivity contribution in [2.75, 3.05) is 0 Å². The first-order valence-corrected chi connectivity index (χ1v) is 6.84. The number of nitriles is 1. The summed E-state index contributed by atoms with van der Waals surface area (Å²) in [6.07, 6.45) is 3.48. The van der Waals surface area contributed by atoms with Crippen LogP contribution in [0.4, 0.5) is 4.39 Å². The van der Waals surface area contributed by atoms with Crippen LogP contribution in [0.1, 0.15) is 39.5 Å². The molecule has 0 amide bonds. The fourth-order valence-corrected chi connectivity index (χ4v) is 3.30. The molecule has 3 heteroatoms. The quantitative estimate of drug-likeness (QED) is 0.679. The van der Waals surface area contributed by atoms with Gasteiger partial charge in [-0.05, 0) is 25.0 Å². The molecule has 0 saturated carbocycles. The van der Waals surface area contributed by atoms with Crippen LogP contribution in [-0.2, 0) is 0 Å². The molecule has 1 nitrogen and oxygen atoms in total. The molecule has 0 N–H and O–H groups in total. The third-order valence-corrected chi connectivity index (χ3v) is 4.09. The van der Waals surface area contributed by atoms with Crippen LogP contribution >= 0.6 is 11.8 Å². The van der Waals surface area contributed by atoms with E-state index in [9.17, 15) is 9.65 Å². The van der Waals surface area contributed by atoms with Crippen LogP contribution in [0.25, 0.3) is 0 Å². The average Bonchev–Trinajstić information content (AvgIpc) is 2.33. The topological polar surface area (TPSA) is 23.8 Å². The lowest BCUT2D eigenvalue weighted by Crippen LogP contribution is -2.22. The first-order valence-electron chi connectivity index (χ1n) is 6.02. The Balaban J connectivity index is 2.94. The minimum atomic E-state index is -0.480. The van der Waals surface area contributed by atoms with Gasteiger partial charge in [-0.2, -0.15) is 5.26 Å². The predicted octanol–water partition coefficient (Wildman–Crippen LogP) is 4.78. The van der Waals surface area contributed by atoms with E-state index in [1.54, 1.807) is 12.1 Å². The zero-order chi connectivity index (χ0) is 12.7. The largest absolute Gasteiger partial charge is 0.206 e. The molecule has 0 aliphatic rings. The maximum atomic E-state index is 13.6. The number of benzene rings is 1. The van der Waals surface area contributed by atoms with Crippen molar-refractivity contribution >= 4 is 11.8 Å². The molecule has 0 aliphatic heterocycles. The van der Waals surface area contributed by atoms with E-state index >= 15 is 0 Å². The van der Waals surface area contributed by atoms with E-state index in [-0.39, 0.29) is 5.82 Å². The number of nitrogens with zero attached hydrogens (tertiary/aromatic N) is 1. The van der Waals surface area contributed by atoms with Crippen LogP contribution < -0.4 is 0 Å². The van der Waals surface area contributed by atoms with Crippen LogP contribution in [0, 0.1) is 17.1 Å². The van der Waals surface area contributed by atoms with E-state index in [4.69, 9.17) is 0 Å². The van der Waals surface area contributed by atoms with E-state index in [0.29, 0.717) is 4.90 Å². The average molecular weight is 251 g/mol. The molecule has 0 unspecified atom stereocenters. The van der Waals surface area contributed by atoms with Gasteiger partial charge < -0.3 is 0 Å². The summed E-state index contributed by atoms with van der Waals surface area (Å²) in [4.78, 5) is 0.580. The highest BCUT2D eigenvalue weighted by atomic mass is 32.2. The van der Waals surface area contributed by atoms with Gasteiger partial charge in [-0.1, -0.05) is 38.8 Å². The summed E-state index contributed by atoms with van der Waals surface area (Å²) < 4.78 is 13.1. The minimum Gasteiger partial charge on any atom is -0.206 e. The molecule has 92 valence electrons.